The van der Waals surface area contributed by atoms with E-state index in [0.29, 0.717) is 5.69 Å². The highest BCUT2D eigenvalue weighted by molar-refractivity contribution is 6.33. The van der Waals surface area contributed by atoms with E-state index < -0.39 is 11.9 Å². The molecule has 2 aromatic carbocycles. The van der Waals surface area contributed by atoms with E-state index in [0.717, 1.165) is 16.8 Å². The Hall–Kier alpha value is -2.53. The Labute approximate surface area is 146 Å². The quantitative estimate of drug-likeness (QED) is 0.775. The molecule has 0 aromatic heterocycles. The summed E-state index contributed by atoms with van der Waals surface area (Å²) < 4.78 is 0. The summed E-state index contributed by atoms with van der Waals surface area (Å²) in [6, 6.07) is 10.2. The Morgan fingerprint density at radius 3 is 2.50 bits per heavy atom. The Kier molecular flexibility index (Phi) is 5.46. The molecule has 0 aliphatic rings. The molecule has 5 nitrogen and oxygen atoms in total. The molecule has 126 valence electrons. The predicted molar refractivity (Wildman–Crippen MR) is 97.6 cm³/mol. The first-order valence-electron chi connectivity index (χ1n) is 7.52. The molecule has 0 heterocycles. The van der Waals surface area contributed by atoms with Crippen molar-refractivity contribution in [3.8, 4) is 0 Å². The number of aryl methyl sites for hydroxylation is 2. The lowest BCUT2D eigenvalue weighted by Crippen LogP contribution is -2.32. The van der Waals surface area contributed by atoms with Gasteiger partial charge in [-0.3, -0.25) is 9.59 Å². The maximum Gasteiger partial charge on any atom is 0.250 e. The number of rotatable bonds is 5. The van der Waals surface area contributed by atoms with Gasteiger partial charge in [0.25, 0.3) is 0 Å². The van der Waals surface area contributed by atoms with Crippen molar-refractivity contribution in [3.63, 3.8) is 0 Å². The van der Waals surface area contributed by atoms with E-state index in [1.165, 1.54) is 6.07 Å². The van der Waals surface area contributed by atoms with Crippen LogP contribution in [-0.4, -0.2) is 17.9 Å². The van der Waals surface area contributed by atoms with Gasteiger partial charge in [0.05, 0.1) is 10.6 Å². The average molecular weight is 346 g/mol. The molecule has 0 fully saturated rings. The third kappa shape index (κ3) is 4.26. The molecule has 0 unspecified atom stereocenters. The van der Waals surface area contributed by atoms with Crippen LogP contribution in [0.15, 0.2) is 36.4 Å². The molecule has 0 saturated carbocycles. The van der Waals surface area contributed by atoms with Crippen LogP contribution >= 0.6 is 11.6 Å². The second-order valence-corrected chi connectivity index (χ2v) is 6.14. The van der Waals surface area contributed by atoms with E-state index in [4.69, 9.17) is 17.3 Å². The van der Waals surface area contributed by atoms with Gasteiger partial charge < -0.3 is 16.4 Å². The molecule has 0 saturated heterocycles. The molecule has 6 heteroatoms. The second-order valence-electron chi connectivity index (χ2n) is 5.73. The number of carbonyl (C=O) groups excluding carboxylic acids is 2. The van der Waals surface area contributed by atoms with Crippen molar-refractivity contribution in [2.24, 2.45) is 5.73 Å². The molecule has 0 aliphatic carbocycles. The molecular weight excluding hydrogens is 326 g/mol. The minimum Gasteiger partial charge on any atom is -0.374 e. The zero-order chi connectivity index (χ0) is 17.9. The zero-order valence-corrected chi connectivity index (χ0v) is 14.6. The van der Waals surface area contributed by atoms with E-state index in [9.17, 15) is 9.59 Å². The predicted octanol–water partition coefficient (Wildman–Crippen LogP) is 3.49. The highest BCUT2D eigenvalue weighted by Gasteiger charge is 2.15. The number of benzene rings is 2. The Bertz CT molecular complexity index is 790. The standard InChI is InChI=1S/C18H20ClN3O2/c1-10-4-5-11(2)16(8-10)22-18(24)12(3)21-13-6-7-15(19)14(9-13)17(20)23/h4-9,12,21H,1-3H3,(H2,20,23)(H,22,24)/t12-/m1/s1. The monoisotopic (exact) mass is 345 g/mol. The first kappa shape index (κ1) is 17.8. The second kappa shape index (κ2) is 7.36. The third-order valence-corrected chi connectivity index (χ3v) is 3.99. The number of carbonyl (C=O) groups is 2. The van der Waals surface area contributed by atoms with E-state index in [2.05, 4.69) is 10.6 Å². The summed E-state index contributed by atoms with van der Waals surface area (Å²) in [6.45, 7) is 5.64. The number of halogens is 1. The van der Waals surface area contributed by atoms with Gasteiger partial charge in [-0.25, -0.2) is 0 Å². The molecular formula is C18H20ClN3O2. The minimum atomic E-state index is -0.615. The molecule has 24 heavy (non-hydrogen) atoms. The van der Waals surface area contributed by atoms with Crippen LogP contribution in [0.25, 0.3) is 0 Å². The fourth-order valence-electron chi connectivity index (χ4n) is 2.23. The van der Waals surface area contributed by atoms with Crippen molar-refractivity contribution in [2.75, 3.05) is 10.6 Å². The summed E-state index contributed by atoms with van der Waals surface area (Å²) in [7, 11) is 0. The molecule has 0 radical (unpaired) electrons. The summed E-state index contributed by atoms with van der Waals surface area (Å²) in [4.78, 5) is 23.7. The number of anilines is 2. The molecule has 4 N–H and O–H groups in total. The number of primary amides is 1. The van der Waals surface area contributed by atoms with Crippen molar-refractivity contribution in [2.45, 2.75) is 26.8 Å². The van der Waals surface area contributed by atoms with Gasteiger partial charge >= 0.3 is 0 Å². The largest absolute Gasteiger partial charge is 0.374 e. The summed E-state index contributed by atoms with van der Waals surface area (Å²) in [5, 5.41) is 6.22. The lowest BCUT2D eigenvalue weighted by atomic mass is 10.1. The van der Waals surface area contributed by atoms with Crippen molar-refractivity contribution in [1.82, 2.24) is 0 Å². The van der Waals surface area contributed by atoms with Gasteiger partial charge in [-0.1, -0.05) is 23.7 Å². The van der Waals surface area contributed by atoms with Crippen molar-refractivity contribution in [1.29, 1.82) is 0 Å². The average Bonchev–Trinajstić information content (AvgIpc) is 2.52. The fourth-order valence-corrected chi connectivity index (χ4v) is 2.44. The molecule has 2 amide bonds. The van der Waals surface area contributed by atoms with Gasteiger partial charge in [0.1, 0.15) is 6.04 Å². The molecule has 1 atom stereocenters. The number of hydrogen-bond acceptors (Lipinski definition) is 3. The van der Waals surface area contributed by atoms with Crippen LogP contribution in [0.5, 0.6) is 0 Å². The molecule has 0 spiro atoms. The Morgan fingerprint density at radius 1 is 1.12 bits per heavy atom. The van der Waals surface area contributed by atoms with Gasteiger partial charge in [0.2, 0.25) is 11.8 Å². The zero-order valence-electron chi connectivity index (χ0n) is 13.8. The van der Waals surface area contributed by atoms with Crippen LogP contribution in [0, 0.1) is 13.8 Å². The normalized spacial score (nSPS) is 11.7. The highest BCUT2D eigenvalue weighted by atomic mass is 35.5. The Balaban J connectivity index is 2.10. The van der Waals surface area contributed by atoms with Gasteiger partial charge in [-0.15, -0.1) is 0 Å². The van der Waals surface area contributed by atoms with E-state index in [-0.39, 0.29) is 16.5 Å². The summed E-state index contributed by atoms with van der Waals surface area (Å²) in [6.07, 6.45) is 0. The van der Waals surface area contributed by atoms with Crippen LogP contribution in [0.2, 0.25) is 5.02 Å². The van der Waals surface area contributed by atoms with Crippen LogP contribution in [0.3, 0.4) is 0 Å². The lowest BCUT2D eigenvalue weighted by molar-refractivity contribution is -0.116. The summed E-state index contributed by atoms with van der Waals surface area (Å²) in [5.41, 5.74) is 8.92. The van der Waals surface area contributed by atoms with E-state index in [1.807, 2.05) is 32.0 Å². The lowest BCUT2D eigenvalue weighted by Gasteiger charge is -2.17. The third-order valence-electron chi connectivity index (χ3n) is 3.66. The SMILES string of the molecule is Cc1ccc(C)c(NC(=O)[C@@H](C)Nc2ccc(Cl)c(C(N)=O)c2)c1. The molecule has 0 aliphatic heterocycles. The van der Waals surface area contributed by atoms with Crippen molar-refractivity contribution < 1.29 is 9.59 Å². The smallest absolute Gasteiger partial charge is 0.250 e. The maximum absolute atomic E-state index is 12.4. The topological polar surface area (TPSA) is 84.2 Å². The van der Waals surface area contributed by atoms with Crippen molar-refractivity contribution >= 4 is 34.8 Å². The van der Waals surface area contributed by atoms with Crippen LogP contribution in [-0.2, 0) is 4.79 Å². The van der Waals surface area contributed by atoms with E-state index >= 15 is 0 Å². The van der Waals surface area contributed by atoms with Crippen molar-refractivity contribution in [3.05, 3.63) is 58.1 Å². The number of nitrogens with one attached hydrogen (secondary N) is 2. The number of nitrogens with two attached hydrogens (primary N) is 1. The highest BCUT2D eigenvalue weighted by Crippen LogP contribution is 2.21. The maximum atomic E-state index is 12.4. The van der Waals surface area contributed by atoms with Gasteiger partial charge in [0.15, 0.2) is 0 Å². The number of hydrogen-bond donors (Lipinski definition) is 3. The number of amides is 2. The van der Waals surface area contributed by atoms with Gasteiger partial charge in [0, 0.05) is 11.4 Å². The Morgan fingerprint density at radius 2 is 1.83 bits per heavy atom. The van der Waals surface area contributed by atoms with Gasteiger partial charge in [-0.2, -0.15) is 0 Å². The fraction of sp³-hybridized carbons (Fsp3) is 0.222. The molecule has 0 bridgehead atoms. The first-order chi connectivity index (χ1) is 11.3. The van der Waals surface area contributed by atoms with E-state index in [1.54, 1.807) is 19.1 Å². The van der Waals surface area contributed by atoms with Crippen LogP contribution in [0.1, 0.15) is 28.4 Å². The molecule has 2 rings (SSSR count). The summed E-state index contributed by atoms with van der Waals surface area (Å²) in [5.74, 6) is -0.796. The van der Waals surface area contributed by atoms with Crippen LogP contribution in [0.4, 0.5) is 11.4 Å². The van der Waals surface area contributed by atoms with Crippen LogP contribution < -0.4 is 16.4 Å². The summed E-state index contributed by atoms with van der Waals surface area (Å²) >= 11 is 5.92. The first-order valence-corrected chi connectivity index (χ1v) is 7.89. The molecule has 2 aromatic rings. The van der Waals surface area contributed by atoms with Gasteiger partial charge in [-0.05, 0) is 56.2 Å². The minimum absolute atomic E-state index is 0.181.